The third-order valence-electron chi connectivity index (χ3n) is 5.00. The van der Waals surface area contributed by atoms with Crippen molar-refractivity contribution in [3.8, 4) is 11.8 Å². The van der Waals surface area contributed by atoms with E-state index in [0.29, 0.717) is 25.6 Å². The number of hydrogen-bond acceptors (Lipinski definition) is 7. The molecule has 1 aliphatic heterocycles. The van der Waals surface area contributed by atoms with E-state index in [1.54, 1.807) is 12.1 Å². The summed E-state index contributed by atoms with van der Waals surface area (Å²) >= 11 is 0. The highest BCUT2D eigenvalue weighted by molar-refractivity contribution is 6.05. The summed E-state index contributed by atoms with van der Waals surface area (Å²) in [6, 6.07) is 5.91. The standard InChI is InChI=1S/C22H23F3N6O3/c1-2-6-18(33)28-16-8-3-4-9-17(16)29-20-15(22(23,24)25)11-26-21(30-20)27-14-7-5-10-31(12-14)19(34)13-32/h3-4,8-9,11,14,32H,5,7,10,12-13H2,1H3,(H,28,33)(H2,26,27,29,30)/t14-/m0/s1. The molecule has 180 valence electrons. The van der Waals surface area contributed by atoms with E-state index in [2.05, 4.69) is 37.8 Å². The van der Waals surface area contributed by atoms with Crippen molar-refractivity contribution >= 4 is 35.0 Å². The largest absolute Gasteiger partial charge is 0.421 e. The number of rotatable bonds is 6. The van der Waals surface area contributed by atoms with Gasteiger partial charge in [0.25, 0.3) is 5.91 Å². The summed E-state index contributed by atoms with van der Waals surface area (Å²) in [4.78, 5) is 32.9. The summed E-state index contributed by atoms with van der Waals surface area (Å²) in [5, 5.41) is 17.2. The van der Waals surface area contributed by atoms with Crippen LogP contribution >= 0.6 is 0 Å². The van der Waals surface area contributed by atoms with Crippen LogP contribution in [0.4, 0.5) is 36.3 Å². The molecule has 0 radical (unpaired) electrons. The topological polar surface area (TPSA) is 119 Å². The first-order valence-corrected chi connectivity index (χ1v) is 10.4. The maximum atomic E-state index is 13.6. The quantitative estimate of drug-likeness (QED) is 0.473. The molecule has 1 saturated heterocycles. The first kappa shape index (κ1) is 24.8. The molecule has 2 amide bonds. The zero-order chi connectivity index (χ0) is 24.7. The predicted octanol–water partition coefficient (Wildman–Crippen LogP) is 2.60. The number of amides is 2. The van der Waals surface area contributed by atoms with Crippen molar-refractivity contribution in [3.63, 3.8) is 0 Å². The summed E-state index contributed by atoms with van der Waals surface area (Å²) in [5.74, 6) is 3.15. The predicted molar refractivity (Wildman–Crippen MR) is 119 cm³/mol. The van der Waals surface area contributed by atoms with Crippen LogP contribution in [0, 0.1) is 11.8 Å². The normalized spacial score (nSPS) is 15.7. The second kappa shape index (κ2) is 10.8. The molecule has 1 atom stereocenters. The number of piperidine rings is 1. The molecule has 9 nitrogen and oxygen atoms in total. The molecule has 1 aliphatic rings. The van der Waals surface area contributed by atoms with Gasteiger partial charge >= 0.3 is 6.18 Å². The summed E-state index contributed by atoms with van der Waals surface area (Å²) < 4.78 is 40.9. The highest BCUT2D eigenvalue weighted by Gasteiger charge is 2.36. The molecule has 0 aliphatic carbocycles. The van der Waals surface area contributed by atoms with Gasteiger partial charge in [0, 0.05) is 25.3 Å². The number of carbonyl (C=O) groups excluding carboxylic acids is 2. The van der Waals surface area contributed by atoms with E-state index >= 15 is 0 Å². The number of aromatic nitrogens is 2. The molecule has 1 aromatic heterocycles. The first-order valence-electron chi connectivity index (χ1n) is 10.4. The smallest absolute Gasteiger partial charge is 0.387 e. The summed E-state index contributed by atoms with van der Waals surface area (Å²) in [7, 11) is 0. The molecule has 2 aromatic rings. The molecule has 4 N–H and O–H groups in total. The van der Waals surface area contributed by atoms with Gasteiger partial charge in [-0.05, 0) is 37.8 Å². The van der Waals surface area contributed by atoms with E-state index in [0.717, 1.165) is 0 Å². The van der Waals surface area contributed by atoms with Gasteiger partial charge < -0.3 is 26.0 Å². The molecule has 0 saturated carbocycles. The number of para-hydroxylation sites is 2. The Balaban J connectivity index is 1.87. The van der Waals surface area contributed by atoms with Gasteiger partial charge in [-0.15, -0.1) is 0 Å². The maximum absolute atomic E-state index is 13.6. The van der Waals surface area contributed by atoms with Crippen molar-refractivity contribution in [1.29, 1.82) is 0 Å². The monoisotopic (exact) mass is 476 g/mol. The van der Waals surface area contributed by atoms with Crippen molar-refractivity contribution in [1.82, 2.24) is 14.9 Å². The molecular formula is C22H23F3N6O3. The van der Waals surface area contributed by atoms with Crippen LogP contribution in [0.15, 0.2) is 30.5 Å². The number of aliphatic hydroxyl groups excluding tert-OH is 1. The third kappa shape index (κ3) is 6.35. The van der Waals surface area contributed by atoms with Crippen LogP contribution in [0.25, 0.3) is 0 Å². The molecule has 34 heavy (non-hydrogen) atoms. The number of carbonyl (C=O) groups is 2. The first-order chi connectivity index (χ1) is 16.2. The number of halogens is 3. The van der Waals surface area contributed by atoms with Gasteiger partial charge in [-0.3, -0.25) is 9.59 Å². The Morgan fingerprint density at radius 2 is 2.00 bits per heavy atom. The van der Waals surface area contributed by atoms with Crippen molar-refractivity contribution in [2.45, 2.75) is 32.0 Å². The minimum absolute atomic E-state index is 0.0582. The molecule has 0 bridgehead atoms. The fraction of sp³-hybridized carbons (Fsp3) is 0.364. The van der Waals surface area contributed by atoms with Crippen molar-refractivity contribution in [2.24, 2.45) is 0 Å². The Morgan fingerprint density at radius 3 is 2.68 bits per heavy atom. The number of benzene rings is 1. The van der Waals surface area contributed by atoms with Gasteiger partial charge in [0.15, 0.2) is 0 Å². The van der Waals surface area contributed by atoms with Gasteiger partial charge in [0.05, 0.1) is 11.4 Å². The second-order valence-corrected chi connectivity index (χ2v) is 7.43. The zero-order valence-corrected chi connectivity index (χ0v) is 18.2. The lowest BCUT2D eigenvalue weighted by Gasteiger charge is -2.32. The summed E-state index contributed by atoms with van der Waals surface area (Å²) in [6.07, 6.45) is -2.76. The van der Waals surface area contributed by atoms with Gasteiger partial charge in [0.2, 0.25) is 11.9 Å². The highest BCUT2D eigenvalue weighted by atomic mass is 19.4. The molecule has 0 unspecified atom stereocenters. The second-order valence-electron chi connectivity index (χ2n) is 7.43. The molecule has 3 rings (SSSR count). The Kier molecular flexibility index (Phi) is 7.91. The van der Waals surface area contributed by atoms with Crippen molar-refractivity contribution in [3.05, 3.63) is 36.0 Å². The lowest BCUT2D eigenvalue weighted by molar-refractivity contribution is -0.137. The van der Waals surface area contributed by atoms with E-state index in [4.69, 9.17) is 5.11 Å². The van der Waals surface area contributed by atoms with Crippen molar-refractivity contribution in [2.75, 3.05) is 35.6 Å². The van der Waals surface area contributed by atoms with Crippen LogP contribution in [0.3, 0.4) is 0 Å². The van der Waals surface area contributed by atoms with Gasteiger partial charge in [0.1, 0.15) is 18.0 Å². The number of alkyl halides is 3. The van der Waals surface area contributed by atoms with Crippen LogP contribution in [0.1, 0.15) is 25.3 Å². The Morgan fingerprint density at radius 1 is 1.26 bits per heavy atom. The number of aliphatic hydroxyl groups is 1. The average Bonchev–Trinajstić information content (AvgIpc) is 2.79. The molecule has 2 heterocycles. The number of nitrogens with zero attached hydrogens (tertiary/aromatic N) is 3. The molecule has 1 aromatic carbocycles. The average molecular weight is 476 g/mol. The van der Waals surface area contributed by atoms with E-state index in [1.165, 1.54) is 24.0 Å². The van der Waals surface area contributed by atoms with Crippen LogP contribution in [-0.2, 0) is 15.8 Å². The molecule has 12 heteroatoms. The van der Waals surface area contributed by atoms with Crippen LogP contribution in [0.2, 0.25) is 0 Å². The van der Waals surface area contributed by atoms with E-state index < -0.39 is 36.0 Å². The van der Waals surface area contributed by atoms with Crippen LogP contribution < -0.4 is 16.0 Å². The lowest BCUT2D eigenvalue weighted by Crippen LogP contribution is -2.46. The number of likely N-dealkylation sites (tertiary alicyclic amines) is 1. The Hall–Kier alpha value is -3.85. The minimum Gasteiger partial charge on any atom is -0.387 e. The van der Waals surface area contributed by atoms with Gasteiger partial charge in [-0.2, -0.15) is 18.2 Å². The number of hydrogen-bond donors (Lipinski definition) is 4. The fourth-order valence-corrected chi connectivity index (χ4v) is 3.45. The Bertz CT molecular complexity index is 1110. The van der Waals surface area contributed by atoms with Crippen LogP contribution in [0.5, 0.6) is 0 Å². The third-order valence-corrected chi connectivity index (χ3v) is 5.00. The SMILES string of the molecule is CC#CC(=O)Nc1ccccc1Nc1nc(N[C@H]2CCCN(C(=O)CO)C2)ncc1C(F)(F)F. The number of anilines is 4. The Labute approximate surface area is 193 Å². The van der Waals surface area contributed by atoms with Gasteiger partial charge in [-0.25, -0.2) is 4.98 Å². The molecule has 1 fully saturated rings. The molecular weight excluding hydrogens is 453 g/mol. The lowest BCUT2D eigenvalue weighted by atomic mass is 10.1. The number of nitrogens with one attached hydrogen (secondary N) is 3. The van der Waals surface area contributed by atoms with Gasteiger partial charge in [-0.1, -0.05) is 18.1 Å². The zero-order valence-electron chi connectivity index (χ0n) is 18.2. The fourth-order valence-electron chi connectivity index (χ4n) is 3.45. The molecule has 0 spiro atoms. The summed E-state index contributed by atoms with van der Waals surface area (Å²) in [5.41, 5.74) is -0.684. The van der Waals surface area contributed by atoms with E-state index in [1.807, 2.05) is 0 Å². The van der Waals surface area contributed by atoms with Crippen molar-refractivity contribution < 1.29 is 27.9 Å². The van der Waals surface area contributed by atoms with E-state index in [-0.39, 0.29) is 29.9 Å². The summed E-state index contributed by atoms with van der Waals surface area (Å²) in [6.45, 7) is 1.63. The van der Waals surface area contributed by atoms with Crippen LogP contribution in [-0.4, -0.2) is 57.5 Å². The van der Waals surface area contributed by atoms with E-state index in [9.17, 15) is 22.8 Å². The maximum Gasteiger partial charge on any atom is 0.421 e. The minimum atomic E-state index is -4.73. The highest BCUT2D eigenvalue weighted by Crippen LogP contribution is 2.36.